The van der Waals surface area contributed by atoms with Crippen LogP contribution in [-0.4, -0.2) is 30.1 Å². The first kappa shape index (κ1) is 16.1. The molecule has 2 aromatic rings. The Kier molecular flexibility index (Phi) is 4.84. The minimum absolute atomic E-state index is 0.262. The van der Waals surface area contributed by atoms with Crippen molar-refractivity contribution in [1.29, 1.82) is 0 Å². The maximum Gasteiger partial charge on any atom is 0.274 e. The summed E-state index contributed by atoms with van der Waals surface area (Å²) in [6.45, 7) is 5.26. The molecule has 1 aliphatic heterocycles. The molecule has 0 aliphatic carbocycles. The summed E-state index contributed by atoms with van der Waals surface area (Å²) >= 11 is 0. The van der Waals surface area contributed by atoms with Crippen LogP contribution >= 0.6 is 0 Å². The standard InChI is InChI=1S/C18H21N3O3/c1-3-12(2)20-14-4-6-15(19-11-14)18(22)21-13-5-7-16-17(10-13)24-9-8-23-16/h4-7,10-12,20H,3,8-9H2,1-2H3,(H,21,22). The fraction of sp³-hybridized carbons (Fsp3) is 0.333. The highest BCUT2D eigenvalue weighted by atomic mass is 16.6. The smallest absolute Gasteiger partial charge is 0.274 e. The summed E-state index contributed by atoms with van der Waals surface area (Å²) in [6.07, 6.45) is 2.69. The fourth-order valence-electron chi connectivity index (χ4n) is 2.32. The van der Waals surface area contributed by atoms with E-state index in [0.717, 1.165) is 12.1 Å². The first-order chi connectivity index (χ1) is 11.7. The van der Waals surface area contributed by atoms with Gasteiger partial charge in [-0.3, -0.25) is 4.79 Å². The van der Waals surface area contributed by atoms with Gasteiger partial charge in [-0.25, -0.2) is 4.98 Å². The fourth-order valence-corrected chi connectivity index (χ4v) is 2.32. The second-order valence-corrected chi connectivity index (χ2v) is 5.70. The number of nitrogens with one attached hydrogen (secondary N) is 2. The van der Waals surface area contributed by atoms with E-state index in [9.17, 15) is 4.79 Å². The zero-order chi connectivity index (χ0) is 16.9. The van der Waals surface area contributed by atoms with Crippen molar-refractivity contribution < 1.29 is 14.3 Å². The number of benzene rings is 1. The minimum atomic E-state index is -0.262. The Morgan fingerprint density at radius 3 is 2.62 bits per heavy atom. The summed E-state index contributed by atoms with van der Waals surface area (Å²) in [4.78, 5) is 16.5. The Hall–Kier alpha value is -2.76. The Bertz CT molecular complexity index is 716. The van der Waals surface area contributed by atoms with Crippen molar-refractivity contribution in [3.8, 4) is 11.5 Å². The van der Waals surface area contributed by atoms with Gasteiger partial charge >= 0.3 is 0 Å². The molecule has 6 nitrogen and oxygen atoms in total. The van der Waals surface area contributed by atoms with Gasteiger partial charge in [0.05, 0.1) is 11.9 Å². The molecular formula is C18H21N3O3. The van der Waals surface area contributed by atoms with E-state index in [1.165, 1.54) is 0 Å². The molecule has 1 amide bonds. The lowest BCUT2D eigenvalue weighted by Gasteiger charge is -2.19. The number of carbonyl (C=O) groups excluding carboxylic acids is 1. The molecule has 126 valence electrons. The molecule has 24 heavy (non-hydrogen) atoms. The Morgan fingerprint density at radius 1 is 1.17 bits per heavy atom. The summed E-state index contributed by atoms with van der Waals surface area (Å²) < 4.78 is 11.0. The van der Waals surface area contributed by atoms with E-state index < -0.39 is 0 Å². The minimum Gasteiger partial charge on any atom is -0.486 e. The number of amides is 1. The van der Waals surface area contributed by atoms with E-state index in [1.54, 1.807) is 30.5 Å². The van der Waals surface area contributed by atoms with Gasteiger partial charge in [0.25, 0.3) is 5.91 Å². The van der Waals surface area contributed by atoms with E-state index in [0.29, 0.717) is 42.1 Å². The molecule has 2 heterocycles. The predicted molar refractivity (Wildman–Crippen MR) is 93.0 cm³/mol. The first-order valence-electron chi connectivity index (χ1n) is 8.09. The molecular weight excluding hydrogens is 306 g/mol. The normalized spacial score (nSPS) is 13.9. The molecule has 1 aromatic heterocycles. The topological polar surface area (TPSA) is 72.5 Å². The molecule has 0 saturated heterocycles. The van der Waals surface area contributed by atoms with Crippen molar-refractivity contribution in [3.05, 3.63) is 42.2 Å². The Balaban J connectivity index is 1.66. The number of nitrogens with zero attached hydrogens (tertiary/aromatic N) is 1. The molecule has 0 spiro atoms. The molecule has 0 saturated carbocycles. The lowest BCUT2D eigenvalue weighted by molar-refractivity contribution is 0.102. The Labute approximate surface area is 141 Å². The average molecular weight is 327 g/mol. The lowest BCUT2D eigenvalue weighted by Crippen LogP contribution is -2.17. The van der Waals surface area contributed by atoms with Crippen LogP contribution in [0.3, 0.4) is 0 Å². The molecule has 1 unspecified atom stereocenters. The molecule has 6 heteroatoms. The van der Waals surface area contributed by atoms with E-state index in [4.69, 9.17) is 9.47 Å². The predicted octanol–water partition coefficient (Wildman–Crippen LogP) is 3.32. The third-order valence-corrected chi connectivity index (χ3v) is 3.82. The molecule has 1 aromatic carbocycles. The number of carbonyl (C=O) groups is 1. The second kappa shape index (κ2) is 7.21. The highest BCUT2D eigenvalue weighted by Gasteiger charge is 2.14. The van der Waals surface area contributed by atoms with Crippen molar-refractivity contribution in [2.75, 3.05) is 23.8 Å². The quantitative estimate of drug-likeness (QED) is 0.881. The molecule has 1 aliphatic rings. The number of aromatic nitrogens is 1. The summed E-state index contributed by atoms with van der Waals surface area (Å²) in [5.74, 6) is 1.07. The third-order valence-electron chi connectivity index (χ3n) is 3.82. The number of anilines is 2. The zero-order valence-electron chi connectivity index (χ0n) is 13.8. The van der Waals surface area contributed by atoms with Gasteiger partial charge in [0.1, 0.15) is 18.9 Å². The Morgan fingerprint density at radius 2 is 1.92 bits per heavy atom. The second-order valence-electron chi connectivity index (χ2n) is 5.70. The van der Waals surface area contributed by atoms with Gasteiger partial charge in [0.2, 0.25) is 0 Å². The first-order valence-corrected chi connectivity index (χ1v) is 8.09. The van der Waals surface area contributed by atoms with Gasteiger partial charge in [-0.2, -0.15) is 0 Å². The van der Waals surface area contributed by atoms with Crippen LogP contribution in [0, 0.1) is 0 Å². The number of rotatable bonds is 5. The van der Waals surface area contributed by atoms with Crippen molar-refractivity contribution in [3.63, 3.8) is 0 Å². The van der Waals surface area contributed by atoms with Crippen LogP contribution < -0.4 is 20.1 Å². The van der Waals surface area contributed by atoms with Gasteiger partial charge in [-0.05, 0) is 37.6 Å². The van der Waals surface area contributed by atoms with Crippen LogP contribution in [0.2, 0.25) is 0 Å². The highest BCUT2D eigenvalue weighted by Crippen LogP contribution is 2.32. The third kappa shape index (κ3) is 3.76. The molecule has 2 N–H and O–H groups in total. The summed E-state index contributed by atoms with van der Waals surface area (Å²) in [5, 5.41) is 6.14. The average Bonchev–Trinajstić information content (AvgIpc) is 2.62. The zero-order valence-corrected chi connectivity index (χ0v) is 13.8. The molecule has 1 atom stereocenters. The van der Waals surface area contributed by atoms with Crippen molar-refractivity contribution in [2.45, 2.75) is 26.3 Å². The van der Waals surface area contributed by atoms with Crippen LogP contribution in [0.1, 0.15) is 30.8 Å². The maximum atomic E-state index is 12.3. The van der Waals surface area contributed by atoms with E-state index in [-0.39, 0.29) is 5.91 Å². The van der Waals surface area contributed by atoms with Gasteiger partial charge in [0.15, 0.2) is 11.5 Å². The summed E-state index contributed by atoms with van der Waals surface area (Å²) in [7, 11) is 0. The van der Waals surface area contributed by atoms with Gasteiger partial charge in [-0.15, -0.1) is 0 Å². The molecule has 0 radical (unpaired) electrons. The summed E-state index contributed by atoms with van der Waals surface area (Å²) in [5.41, 5.74) is 1.91. The van der Waals surface area contributed by atoms with Gasteiger partial charge in [0, 0.05) is 17.8 Å². The van der Waals surface area contributed by atoms with Crippen molar-refractivity contribution >= 4 is 17.3 Å². The largest absolute Gasteiger partial charge is 0.486 e. The number of pyridine rings is 1. The number of hydrogen-bond acceptors (Lipinski definition) is 5. The van der Waals surface area contributed by atoms with Crippen LogP contribution in [0.15, 0.2) is 36.5 Å². The molecule has 0 fully saturated rings. The van der Waals surface area contributed by atoms with Crippen LogP contribution in [0.5, 0.6) is 11.5 Å². The SMILES string of the molecule is CCC(C)Nc1ccc(C(=O)Nc2ccc3c(c2)OCCO3)nc1. The lowest BCUT2D eigenvalue weighted by atomic mass is 10.2. The van der Waals surface area contributed by atoms with Crippen molar-refractivity contribution in [2.24, 2.45) is 0 Å². The number of fused-ring (bicyclic) bond motifs is 1. The molecule has 3 rings (SSSR count). The van der Waals surface area contributed by atoms with Crippen molar-refractivity contribution in [1.82, 2.24) is 4.98 Å². The van der Waals surface area contributed by atoms with Crippen LogP contribution in [-0.2, 0) is 0 Å². The highest BCUT2D eigenvalue weighted by molar-refractivity contribution is 6.03. The van der Waals surface area contributed by atoms with E-state index in [1.807, 2.05) is 6.07 Å². The number of hydrogen-bond donors (Lipinski definition) is 2. The summed E-state index contributed by atoms with van der Waals surface area (Å²) in [6, 6.07) is 9.26. The number of ether oxygens (including phenoxy) is 2. The monoisotopic (exact) mass is 327 g/mol. The van der Waals surface area contributed by atoms with E-state index in [2.05, 4.69) is 29.5 Å². The van der Waals surface area contributed by atoms with Crippen LogP contribution in [0.4, 0.5) is 11.4 Å². The van der Waals surface area contributed by atoms with Crippen LogP contribution in [0.25, 0.3) is 0 Å². The van der Waals surface area contributed by atoms with E-state index >= 15 is 0 Å². The maximum absolute atomic E-state index is 12.3. The van der Waals surface area contributed by atoms with Gasteiger partial charge in [-0.1, -0.05) is 6.92 Å². The van der Waals surface area contributed by atoms with Gasteiger partial charge < -0.3 is 20.1 Å². The molecule has 0 bridgehead atoms.